The first-order valence-electron chi connectivity index (χ1n) is 12.2. The fraction of sp³-hybridized carbons (Fsp3) is 0.448. The highest BCUT2D eigenvalue weighted by atomic mass is 16.1. The van der Waals surface area contributed by atoms with E-state index in [1.54, 1.807) is 0 Å². The molecule has 0 atom stereocenters. The Labute approximate surface area is 198 Å². The number of hydrogen-bond donors (Lipinski definition) is 1. The summed E-state index contributed by atoms with van der Waals surface area (Å²) >= 11 is 0. The zero-order valence-corrected chi connectivity index (χ0v) is 20.9. The average Bonchev–Trinajstić information content (AvgIpc) is 2.79. The fourth-order valence-electron chi connectivity index (χ4n) is 4.90. The van der Waals surface area contributed by atoms with Gasteiger partial charge in [0, 0.05) is 46.9 Å². The van der Waals surface area contributed by atoms with Gasteiger partial charge in [-0.25, -0.2) is 0 Å². The number of aromatic nitrogens is 1. The van der Waals surface area contributed by atoms with E-state index in [2.05, 4.69) is 81.4 Å². The van der Waals surface area contributed by atoms with E-state index in [1.807, 2.05) is 19.1 Å². The molecular weight excluding hydrogens is 406 g/mol. The summed E-state index contributed by atoms with van der Waals surface area (Å²) in [6.07, 6.45) is 4.13. The van der Waals surface area contributed by atoms with Gasteiger partial charge >= 0.3 is 0 Å². The van der Waals surface area contributed by atoms with Crippen molar-refractivity contribution in [1.82, 2.24) is 10.3 Å². The molecule has 0 saturated heterocycles. The van der Waals surface area contributed by atoms with Gasteiger partial charge in [-0.2, -0.15) is 0 Å². The number of para-hydroxylation sites is 1. The number of pyridine rings is 1. The number of benzene rings is 2. The van der Waals surface area contributed by atoms with Crippen LogP contribution >= 0.6 is 0 Å². The molecule has 0 unspecified atom stereocenters. The second-order valence-corrected chi connectivity index (χ2v) is 10.6. The van der Waals surface area contributed by atoms with E-state index in [9.17, 15) is 4.79 Å². The molecule has 174 valence electrons. The Balaban J connectivity index is 1.48. The minimum Gasteiger partial charge on any atom is -0.371 e. The lowest BCUT2D eigenvalue weighted by atomic mass is 9.88. The number of aryl methyl sites for hydroxylation is 1. The molecule has 1 aliphatic carbocycles. The fourth-order valence-corrected chi connectivity index (χ4v) is 4.90. The van der Waals surface area contributed by atoms with E-state index in [-0.39, 0.29) is 17.4 Å². The molecule has 2 aromatic carbocycles. The zero-order chi connectivity index (χ0) is 23.8. The molecule has 0 aliphatic heterocycles. The Morgan fingerprint density at radius 1 is 1.00 bits per heavy atom. The van der Waals surface area contributed by atoms with Crippen molar-refractivity contribution in [3.8, 4) is 0 Å². The summed E-state index contributed by atoms with van der Waals surface area (Å²) in [6, 6.07) is 17.4. The molecule has 0 spiro atoms. The summed E-state index contributed by atoms with van der Waals surface area (Å²) in [5.74, 6) is 0.0583. The van der Waals surface area contributed by atoms with Gasteiger partial charge in [0.25, 0.3) is 5.91 Å². The lowest BCUT2D eigenvalue weighted by molar-refractivity contribution is 0.0925. The summed E-state index contributed by atoms with van der Waals surface area (Å²) in [6.45, 7) is 10.7. The summed E-state index contributed by atoms with van der Waals surface area (Å²) in [5, 5.41) is 4.50. The third-order valence-corrected chi connectivity index (χ3v) is 7.27. The number of nitrogens with zero attached hydrogens (tertiary/aromatic N) is 2. The molecule has 1 aromatic heterocycles. The van der Waals surface area contributed by atoms with Gasteiger partial charge in [0.1, 0.15) is 0 Å². The standard InChI is InChI=1S/C29H37N3O/c1-19-10-9-12-23(20(19)2)28(33)30-21-14-16-22(17-15-21)32(6)26-18-27(29(3,4)5)31-25-13-8-7-11-24(25)26/h7-13,18,21-22H,14-17H2,1-6H3,(H,30,33). The van der Waals surface area contributed by atoms with Crippen LogP contribution < -0.4 is 10.2 Å². The Kier molecular flexibility index (Phi) is 6.47. The van der Waals surface area contributed by atoms with E-state index in [0.29, 0.717) is 6.04 Å². The van der Waals surface area contributed by atoms with E-state index in [0.717, 1.165) is 53.6 Å². The number of fused-ring (bicyclic) bond motifs is 1. The van der Waals surface area contributed by atoms with Gasteiger partial charge in [0.15, 0.2) is 0 Å². The van der Waals surface area contributed by atoms with Crippen molar-refractivity contribution in [3.63, 3.8) is 0 Å². The molecule has 1 saturated carbocycles. The Hall–Kier alpha value is -2.88. The summed E-state index contributed by atoms with van der Waals surface area (Å²) in [4.78, 5) is 20.3. The Bertz CT molecular complexity index is 1150. The number of hydrogen-bond acceptors (Lipinski definition) is 3. The Morgan fingerprint density at radius 2 is 1.70 bits per heavy atom. The van der Waals surface area contributed by atoms with Crippen molar-refractivity contribution in [2.45, 2.75) is 77.8 Å². The first-order chi connectivity index (χ1) is 15.6. The minimum absolute atomic E-state index is 0.00448. The van der Waals surface area contributed by atoms with Gasteiger partial charge in [-0.15, -0.1) is 0 Å². The lowest BCUT2D eigenvalue weighted by Crippen LogP contribution is -2.43. The van der Waals surface area contributed by atoms with Crippen LogP contribution in [0.15, 0.2) is 48.5 Å². The lowest BCUT2D eigenvalue weighted by Gasteiger charge is -2.37. The van der Waals surface area contributed by atoms with E-state index in [1.165, 1.54) is 11.1 Å². The molecule has 4 rings (SSSR count). The third-order valence-electron chi connectivity index (χ3n) is 7.27. The molecule has 3 aromatic rings. The first-order valence-corrected chi connectivity index (χ1v) is 12.2. The number of amides is 1. The van der Waals surface area contributed by atoms with Crippen LogP contribution in [-0.4, -0.2) is 30.0 Å². The highest BCUT2D eigenvalue weighted by Gasteiger charge is 2.28. The monoisotopic (exact) mass is 443 g/mol. The third kappa shape index (κ3) is 4.90. The molecule has 1 aliphatic rings. The van der Waals surface area contributed by atoms with Crippen LogP contribution in [0.4, 0.5) is 5.69 Å². The van der Waals surface area contributed by atoms with Crippen LogP contribution in [0.1, 0.15) is 73.6 Å². The van der Waals surface area contributed by atoms with Gasteiger partial charge in [-0.1, -0.05) is 51.1 Å². The smallest absolute Gasteiger partial charge is 0.251 e. The van der Waals surface area contributed by atoms with Crippen molar-refractivity contribution in [2.24, 2.45) is 0 Å². The van der Waals surface area contributed by atoms with Crippen molar-refractivity contribution >= 4 is 22.5 Å². The molecule has 1 amide bonds. The van der Waals surface area contributed by atoms with Crippen molar-refractivity contribution in [3.05, 3.63) is 70.9 Å². The van der Waals surface area contributed by atoms with Crippen molar-refractivity contribution in [1.29, 1.82) is 0 Å². The minimum atomic E-state index is -0.00448. The quantitative estimate of drug-likeness (QED) is 0.513. The second-order valence-electron chi connectivity index (χ2n) is 10.6. The number of anilines is 1. The Morgan fingerprint density at radius 3 is 2.39 bits per heavy atom. The van der Waals surface area contributed by atoms with Crippen LogP contribution in [-0.2, 0) is 5.41 Å². The summed E-state index contributed by atoms with van der Waals surface area (Å²) < 4.78 is 0. The highest BCUT2D eigenvalue weighted by Crippen LogP contribution is 2.34. The summed E-state index contributed by atoms with van der Waals surface area (Å²) in [7, 11) is 2.22. The maximum absolute atomic E-state index is 12.9. The maximum Gasteiger partial charge on any atom is 0.251 e. The largest absolute Gasteiger partial charge is 0.371 e. The van der Waals surface area contributed by atoms with Crippen LogP contribution in [0.3, 0.4) is 0 Å². The number of nitrogens with one attached hydrogen (secondary N) is 1. The molecular formula is C29H37N3O. The number of carbonyl (C=O) groups is 1. The maximum atomic E-state index is 12.9. The molecule has 1 heterocycles. The number of carbonyl (C=O) groups excluding carboxylic acids is 1. The molecule has 4 nitrogen and oxygen atoms in total. The van der Waals surface area contributed by atoms with E-state index < -0.39 is 0 Å². The molecule has 33 heavy (non-hydrogen) atoms. The molecule has 4 heteroatoms. The van der Waals surface area contributed by atoms with Crippen LogP contribution in [0.25, 0.3) is 10.9 Å². The average molecular weight is 444 g/mol. The predicted molar refractivity (Wildman–Crippen MR) is 138 cm³/mol. The zero-order valence-electron chi connectivity index (χ0n) is 20.9. The summed E-state index contributed by atoms with van der Waals surface area (Å²) in [5.41, 5.74) is 6.46. The van der Waals surface area contributed by atoms with Crippen LogP contribution in [0.5, 0.6) is 0 Å². The van der Waals surface area contributed by atoms with Crippen LogP contribution in [0.2, 0.25) is 0 Å². The first kappa shape index (κ1) is 23.3. The number of rotatable bonds is 4. The molecule has 1 fully saturated rings. The van der Waals surface area contributed by atoms with E-state index >= 15 is 0 Å². The molecule has 0 radical (unpaired) electrons. The highest BCUT2D eigenvalue weighted by molar-refractivity contribution is 5.96. The molecule has 1 N–H and O–H groups in total. The van der Waals surface area contributed by atoms with Crippen molar-refractivity contribution < 1.29 is 4.79 Å². The second kappa shape index (κ2) is 9.17. The van der Waals surface area contributed by atoms with Gasteiger partial charge in [-0.3, -0.25) is 9.78 Å². The molecule has 0 bridgehead atoms. The van der Waals surface area contributed by atoms with Gasteiger partial charge in [-0.05, 0) is 68.9 Å². The van der Waals surface area contributed by atoms with Gasteiger partial charge < -0.3 is 10.2 Å². The van der Waals surface area contributed by atoms with E-state index in [4.69, 9.17) is 4.98 Å². The van der Waals surface area contributed by atoms with Gasteiger partial charge in [0.2, 0.25) is 0 Å². The normalized spacial score (nSPS) is 18.8. The predicted octanol–water partition coefficient (Wildman–Crippen LogP) is 6.33. The topological polar surface area (TPSA) is 45.2 Å². The van der Waals surface area contributed by atoms with Gasteiger partial charge in [0.05, 0.1) is 5.52 Å². The van der Waals surface area contributed by atoms with Crippen molar-refractivity contribution in [2.75, 3.05) is 11.9 Å². The SMILES string of the molecule is Cc1cccc(C(=O)NC2CCC(N(C)c3cc(C(C)(C)C)nc4ccccc34)CC2)c1C. The van der Waals surface area contributed by atoms with Crippen LogP contribution in [0, 0.1) is 13.8 Å².